The number of nitrogens with one attached hydrogen (secondary N) is 2. The molecule has 0 amide bonds. The maximum atomic E-state index is 5.99. The Bertz CT molecular complexity index is 925. The summed E-state index contributed by atoms with van der Waals surface area (Å²) in [5.41, 5.74) is 2.07. The van der Waals surface area contributed by atoms with Crippen LogP contribution in [0.2, 0.25) is 0 Å². The molecule has 0 radical (unpaired) electrons. The van der Waals surface area contributed by atoms with Gasteiger partial charge in [0.1, 0.15) is 18.8 Å². The normalized spacial score (nSPS) is 12.3. The highest BCUT2D eigenvalue weighted by Gasteiger charge is 2.09. The molecule has 0 saturated heterocycles. The highest BCUT2D eigenvalue weighted by atomic mass is 16.5. The predicted molar refractivity (Wildman–Crippen MR) is 117 cm³/mol. The number of hydrogen-bond donors (Lipinski definition) is 2. The van der Waals surface area contributed by atoms with Crippen molar-refractivity contribution < 1.29 is 9.47 Å². The first-order valence-corrected chi connectivity index (χ1v) is 9.95. The predicted octanol–water partition coefficient (Wildman–Crippen LogP) is 2.80. The first kappa shape index (κ1) is 21.2. The van der Waals surface area contributed by atoms with Gasteiger partial charge in [-0.3, -0.25) is 0 Å². The van der Waals surface area contributed by atoms with Crippen LogP contribution >= 0.6 is 0 Å². The molecule has 1 atom stereocenters. The summed E-state index contributed by atoms with van der Waals surface area (Å²) in [4.78, 5) is 8.64. The zero-order chi connectivity index (χ0) is 21.2. The second kappa shape index (κ2) is 10.8. The summed E-state index contributed by atoms with van der Waals surface area (Å²) in [6.07, 6.45) is 3.13. The van der Waals surface area contributed by atoms with E-state index in [-0.39, 0.29) is 6.10 Å². The van der Waals surface area contributed by atoms with E-state index >= 15 is 0 Å². The van der Waals surface area contributed by atoms with E-state index in [9.17, 15) is 0 Å². The smallest absolute Gasteiger partial charge is 0.191 e. The van der Waals surface area contributed by atoms with Crippen molar-refractivity contribution in [3.8, 4) is 17.2 Å². The number of hydrogen-bond acceptors (Lipinski definition) is 5. The quantitative estimate of drug-likeness (QED) is 0.418. The number of aliphatic imine (C=N–C) groups is 1. The fourth-order valence-electron chi connectivity index (χ4n) is 2.82. The molecule has 3 rings (SSSR count). The van der Waals surface area contributed by atoms with Gasteiger partial charge in [0.2, 0.25) is 0 Å². The minimum Gasteiger partial charge on any atom is -0.493 e. The number of nitrogens with zero attached hydrogens (tertiary/aromatic N) is 4. The summed E-state index contributed by atoms with van der Waals surface area (Å²) < 4.78 is 13.1. The third-order valence-electron chi connectivity index (χ3n) is 4.34. The Hall–Kier alpha value is -3.55. The van der Waals surface area contributed by atoms with Crippen LogP contribution in [0, 0.1) is 0 Å². The van der Waals surface area contributed by atoms with E-state index < -0.39 is 0 Å². The van der Waals surface area contributed by atoms with Crippen molar-refractivity contribution in [3.05, 3.63) is 66.7 Å². The zero-order valence-corrected chi connectivity index (χ0v) is 17.6. The molecular formula is C22H28N6O2. The molecule has 0 aliphatic carbocycles. The molecule has 2 N–H and O–H groups in total. The maximum Gasteiger partial charge on any atom is 0.191 e. The third-order valence-corrected chi connectivity index (χ3v) is 4.34. The molecule has 0 bridgehead atoms. The van der Waals surface area contributed by atoms with Crippen LogP contribution in [0.5, 0.6) is 11.5 Å². The molecule has 0 spiro atoms. The van der Waals surface area contributed by atoms with Gasteiger partial charge < -0.3 is 20.1 Å². The minimum absolute atomic E-state index is 0.0629. The summed E-state index contributed by atoms with van der Waals surface area (Å²) in [6, 6.07) is 15.7. The highest BCUT2D eigenvalue weighted by Crippen LogP contribution is 2.26. The van der Waals surface area contributed by atoms with Gasteiger partial charge >= 0.3 is 0 Å². The molecule has 1 aromatic heterocycles. The number of methoxy groups -OCH3 is 1. The van der Waals surface area contributed by atoms with Crippen molar-refractivity contribution in [2.45, 2.75) is 26.5 Å². The van der Waals surface area contributed by atoms with E-state index in [2.05, 4.69) is 25.7 Å². The second-order valence-electron chi connectivity index (χ2n) is 6.66. The third kappa shape index (κ3) is 5.97. The Kier molecular flexibility index (Phi) is 7.65. The summed E-state index contributed by atoms with van der Waals surface area (Å²) in [5, 5.41) is 10.7. The number of aromatic nitrogens is 3. The Morgan fingerprint density at radius 3 is 2.53 bits per heavy atom. The fraction of sp³-hybridized carbons (Fsp3) is 0.318. The second-order valence-corrected chi connectivity index (χ2v) is 6.66. The summed E-state index contributed by atoms with van der Waals surface area (Å²) >= 11 is 0. The average molecular weight is 409 g/mol. The molecule has 158 valence electrons. The Balaban J connectivity index is 1.55. The molecule has 8 nitrogen and oxygen atoms in total. The van der Waals surface area contributed by atoms with Gasteiger partial charge in [0, 0.05) is 6.54 Å². The molecule has 0 aliphatic rings. The molecule has 1 heterocycles. The highest BCUT2D eigenvalue weighted by molar-refractivity contribution is 5.79. The lowest BCUT2D eigenvalue weighted by atomic mass is 10.2. The number of ether oxygens (including phenoxy) is 2. The van der Waals surface area contributed by atoms with Gasteiger partial charge in [-0.1, -0.05) is 24.3 Å². The van der Waals surface area contributed by atoms with Crippen molar-refractivity contribution in [2.24, 2.45) is 4.99 Å². The number of benzene rings is 2. The number of rotatable bonds is 9. The zero-order valence-electron chi connectivity index (χ0n) is 17.6. The van der Waals surface area contributed by atoms with E-state index in [1.54, 1.807) is 18.1 Å². The lowest BCUT2D eigenvalue weighted by molar-refractivity contribution is 0.213. The van der Waals surface area contributed by atoms with Gasteiger partial charge in [0.25, 0.3) is 0 Å². The summed E-state index contributed by atoms with van der Waals surface area (Å²) in [7, 11) is 1.64. The monoisotopic (exact) mass is 408 g/mol. The largest absolute Gasteiger partial charge is 0.493 e. The molecule has 3 aromatic rings. The van der Waals surface area contributed by atoms with Crippen LogP contribution in [0.15, 0.2) is 66.2 Å². The van der Waals surface area contributed by atoms with Gasteiger partial charge in [0.05, 0.1) is 25.9 Å². The van der Waals surface area contributed by atoms with Crippen LogP contribution in [0.25, 0.3) is 5.69 Å². The molecule has 8 heteroatoms. The first-order valence-electron chi connectivity index (χ1n) is 9.95. The van der Waals surface area contributed by atoms with Crippen LogP contribution in [-0.2, 0) is 6.54 Å². The Morgan fingerprint density at radius 2 is 1.87 bits per heavy atom. The van der Waals surface area contributed by atoms with Gasteiger partial charge in [-0.15, -0.1) is 0 Å². The van der Waals surface area contributed by atoms with Crippen LogP contribution in [0.4, 0.5) is 0 Å². The molecule has 2 aromatic carbocycles. The summed E-state index contributed by atoms with van der Waals surface area (Å²) in [6.45, 7) is 5.99. The minimum atomic E-state index is -0.0629. The van der Waals surface area contributed by atoms with Crippen molar-refractivity contribution in [2.75, 3.05) is 20.2 Å². The van der Waals surface area contributed by atoms with Crippen molar-refractivity contribution in [1.29, 1.82) is 0 Å². The van der Waals surface area contributed by atoms with E-state index in [0.717, 1.165) is 35.3 Å². The van der Waals surface area contributed by atoms with Crippen molar-refractivity contribution in [3.63, 3.8) is 0 Å². The first-order chi connectivity index (χ1) is 14.7. The molecule has 0 saturated carbocycles. The van der Waals surface area contributed by atoms with Crippen LogP contribution < -0.4 is 20.1 Å². The van der Waals surface area contributed by atoms with E-state index in [1.165, 1.54) is 6.33 Å². The van der Waals surface area contributed by atoms with Crippen molar-refractivity contribution >= 4 is 5.96 Å². The number of para-hydroxylation sites is 2. The van der Waals surface area contributed by atoms with E-state index in [0.29, 0.717) is 13.1 Å². The molecule has 30 heavy (non-hydrogen) atoms. The Morgan fingerprint density at radius 1 is 1.10 bits per heavy atom. The SMILES string of the molecule is CCNC(=NCc1ccc(-n2cncn2)cc1)NCC(C)Oc1ccccc1OC. The lowest BCUT2D eigenvalue weighted by Gasteiger charge is -2.19. The molecule has 0 fully saturated rings. The van der Waals surface area contributed by atoms with E-state index in [4.69, 9.17) is 9.47 Å². The lowest BCUT2D eigenvalue weighted by Crippen LogP contribution is -2.41. The number of guanidine groups is 1. The average Bonchev–Trinajstić information content (AvgIpc) is 3.31. The topological polar surface area (TPSA) is 85.6 Å². The van der Waals surface area contributed by atoms with Crippen LogP contribution in [0.1, 0.15) is 19.4 Å². The summed E-state index contributed by atoms with van der Waals surface area (Å²) in [5.74, 6) is 2.19. The Labute approximate surface area is 177 Å². The fourth-order valence-corrected chi connectivity index (χ4v) is 2.82. The molecular weight excluding hydrogens is 380 g/mol. The molecule has 1 unspecified atom stereocenters. The van der Waals surface area contributed by atoms with Gasteiger partial charge in [-0.25, -0.2) is 14.7 Å². The van der Waals surface area contributed by atoms with Gasteiger partial charge in [-0.05, 0) is 43.7 Å². The van der Waals surface area contributed by atoms with Crippen molar-refractivity contribution in [1.82, 2.24) is 25.4 Å². The van der Waals surface area contributed by atoms with Gasteiger partial charge in [0.15, 0.2) is 17.5 Å². The molecule has 0 aliphatic heterocycles. The van der Waals surface area contributed by atoms with E-state index in [1.807, 2.05) is 62.4 Å². The van der Waals surface area contributed by atoms with Crippen LogP contribution in [0.3, 0.4) is 0 Å². The van der Waals surface area contributed by atoms with Crippen LogP contribution in [-0.4, -0.2) is 47.0 Å². The van der Waals surface area contributed by atoms with Gasteiger partial charge in [-0.2, -0.15) is 5.10 Å². The standard InChI is InChI=1S/C22H28N6O2/c1-4-24-22(25-13-17(2)30-21-8-6-5-7-20(21)29-3)26-14-18-9-11-19(12-10-18)28-16-23-15-27-28/h5-12,15-17H,4,13-14H2,1-3H3,(H2,24,25,26). The maximum absolute atomic E-state index is 5.99.